The number of benzene rings is 2. The fraction of sp³-hybridized carbons (Fsp3) is 0.385. The zero-order valence-corrected chi connectivity index (χ0v) is 20.2. The predicted molar refractivity (Wildman–Crippen MR) is 130 cm³/mol. The summed E-state index contributed by atoms with van der Waals surface area (Å²) in [6.07, 6.45) is 5.29. The van der Waals surface area contributed by atoms with Gasteiger partial charge in [0, 0.05) is 47.9 Å². The lowest BCUT2D eigenvalue weighted by Gasteiger charge is -2.54. The highest BCUT2D eigenvalue weighted by atomic mass is 32.2. The highest BCUT2D eigenvalue weighted by Crippen LogP contribution is 2.42. The Kier molecular flexibility index (Phi) is 6.25. The number of nitrogens with zero attached hydrogens (tertiary/aromatic N) is 1. The number of ether oxygens (including phenoxy) is 1. The number of fused-ring (bicyclic) bond motifs is 2. The number of nitrogens with one attached hydrogen (secondary N) is 1. The number of carbonyl (C=O) groups is 2. The Balaban J connectivity index is 0.000000195. The molecule has 184 valence electrons. The number of aromatic amines is 1. The van der Waals surface area contributed by atoms with E-state index >= 15 is 0 Å². The average molecular weight is 497 g/mol. The van der Waals surface area contributed by atoms with Crippen LogP contribution in [0.2, 0.25) is 0 Å². The summed E-state index contributed by atoms with van der Waals surface area (Å²) in [6, 6.07) is 14.6. The molecule has 4 aliphatic rings. The van der Waals surface area contributed by atoms with Crippen LogP contribution in [0.3, 0.4) is 0 Å². The van der Waals surface area contributed by atoms with Gasteiger partial charge >= 0.3 is 5.97 Å². The molecule has 8 nitrogen and oxygen atoms in total. The third kappa shape index (κ3) is 4.89. The van der Waals surface area contributed by atoms with Crippen LogP contribution < -0.4 is 0 Å². The first-order chi connectivity index (χ1) is 16.7. The minimum absolute atomic E-state index is 0.0356. The fourth-order valence-corrected chi connectivity index (χ4v) is 6.06. The molecule has 9 heteroatoms. The average Bonchev–Trinajstić information content (AvgIpc) is 3.24. The van der Waals surface area contributed by atoms with Crippen LogP contribution in [-0.4, -0.2) is 59.3 Å². The molecule has 4 fully saturated rings. The Hall–Kier alpha value is -3.01. The second kappa shape index (κ2) is 9.22. The van der Waals surface area contributed by atoms with Crippen molar-refractivity contribution in [1.82, 2.24) is 9.88 Å². The number of hydrogen-bond donors (Lipinski definition) is 2. The zero-order chi connectivity index (χ0) is 24.7. The minimum Gasteiger partial charge on any atom is -0.459 e. The molecule has 4 bridgehead atoms. The molecule has 7 rings (SSSR count). The van der Waals surface area contributed by atoms with Crippen LogP contribution in [0.25, 0.3) is 10.9 Å². The number of esters is 1. The summed E-state index contributed by atoms with van der Waals surface area (Å²) >= 11 is 0. The lowest BCUT2D eigenvalue weighted by Crippen LogP contribution is -2.63. The van der Waals surface area contributed by atoms with Gasteiger partial charge in [0.25, 0.3) is 10.1 Å². The number of piperidine rings is 4. The smallest absolute Gasteiger partial charge is 0.340 e. The zero-order valence-electron chi connectivity index (χ0n) is 19.4. The Morgan fingerprint density at radius 1 is 1.03 bits per heavy atom. The SMILES string of the molecule is Cc1ccc(S(=O)(=O)O)cc1.O=C(OC1C[C@@H]2CC3C[C@@H](C1)N2CC3=O)c1c[nH]c2ccccc12. The largest absolute Gasteiger partial charge is 0.459 e. The molecular formula is C26H28N2O6S. The van der Waals surface area contributed by atoms with Gasteiger partial charge in [-0.15, -0.1) is 0 Å². The highest BCUT2D eigenvalue weighted by Gasteiger charge is 2.49. The number of H-pyrrole nitrogens is 1. The van der Waals surface area contributed by atoms with E-state index in [1.807, 2.05) is 31.2 Å². The third-order valence-corrected chi connectivity index (χ3v) is 8.18. The second-order valence-electron chi connectivity index (χ2n) is 9.65. The van der Waals surface area contributed by atoms with Crippen LogP contribution >= 0.6 is 0 Å². The molecule has 3 aromatic rings. The van der Waals surface area contributed by atoms with Crippen molar-refractivity contribution in [3.8, 4) is 0 Å². The van der Waals surface area contributed by atoms with E-state index in [4.69, 9.17) is 9.29 Å². The van der Waals surface area contributed by atoms with E-state index in [2.05, 4.69) is 9.88 Å². The van der Waals surface area contributed by atoms with Gasteiger partial charge < -0.3 is 9.72 Å². The first kappa shape index (κ1) is 23.7. The molecule has 2 N–H and O–H groups in total. The number of rotatable bonds is 3. The number of ketones is 1. The monoisotopic (exact) mass is 496 g/mol. The van der Waals surface area contributed by atoms with E-state index in [1.54, 1.807) is 18.3 Å². The summed E-state index contributed by atoms with van der Waals surface area (Å²) in [7, 11) is -4.02. The van der Waals surface area contributed by atoms with Crippen LogP contribution in [0, 0.1) is 12.8 Å². The fourth-order valence-electron chi connectivity index (χ4n) is 5.58. The summed E-state index contributed by atoms with van der Waals surface area (Å²) in [6.45, 7) is 2.44. The van der Waals surface area contributed by atoms with Crippen LogP contribution in [-0.2, 0) is 19.6 Å². The van der Waals surface area contributed by atoms with Crippen molar-refractivity contribution in [1.29, 1.82) is 0 Å². The molecule has 2 aromatic carbocycles. The van der Waals surface area contributed by atoms with E-state index in [0.717, 1.165) is 42.1 Å². The predicted octanol–water partition coefficient (Wildman–Crippen LogP) is 3.76. The van der Waals surface area contributed by atoms with Crippen molar-refractivity contribution in [3.63, 3.8) is 0 Å². The maximum absolute atomic E-state index is 12.6. The molecular weight excluding hydrogens is 468 g/mol. The summed E-state index contributed by atoms with van der Waals surface area (Å²) < 4.78 is 35.4. The van der Waals surface area contributed by atoms with Crippen LogP contribution in [0.15, 0.2) is 59.6 Å². The van der Waals surface area contributed by atoms with E-state index in [1.165, 1.54) is 12.1 Å². The second-order valence-corrected chi connectivity index (χ2v) is 11.1. The van der Waals surface area contributed by atoms with Crippen LogP contribution in [0.1, 0.15) is 41.6 Å². The molecule has 0 radical (unpaired) electrons. The Morgan fingerprint density at radius 2 is 1.69 bits per heavy atom. The summed E-state index contributed by atoms with van der Waals surface area (Å²) in [4.78, 5) is 29.9. The molecule has 35 heavy (non-hydrogen) atoms. The van der Waals surface area contributed by atoms with Gasteiger partial charge in [-0.05, 0) is 38.0 Å². The third-order valence-electron chi connectivity index (χ3n) is 7.32. The van der Waals surface area contributed by atoms with Gasteiger partial charge in [0.2, 0.25) is 0 Å². The van der Waals surface area contributed by atoms with Gasteiger partial charge in [0.15, 0.2) is 0 Å². The van der Waals surface area contributed by atoms with Gasteiger partial charge in [-0.2, -0.15) is 8.42 Å². The van der Waals surface area contributed by atoms with E-state index < -0.39 is 10.1 Å². The number of hydrogen-bond acceptors (Lipinski definition) is 6. The molecule has 0 spiro atoms. The van der Waals surface area contributed by atoms with Gasteiger partial charge in [-0.3, -0.25) is 14.2 Å². The van der Waals surface area contributed by atoms with Crippen molar-refractivity contribution >= 4 is 32.8 Å². The maximum atomic E-state index is 12.6. The molecule has 4 saturated heterocycles. The molecule has 0 aliphatic carbocycles. The Morgan fingerprint density at radius 3 is 2.31 bits per heavy atom. The quantitative estimate of drug-likeness (QED) is 0.419. The van der Waals surface area contributed by atoms with E-state index in [-0.39, 0.29) is 22.9 Å². The van der Waals surface area contributed by atoms with Crippen molar-refractivity contribution in [2.24, 2.45) is 5.92 Å². The van der Waals surface area contributed by atoms with Crippen molar-refractivity contribution in [2.45, 2.75) is 55.7 Å². The van der Waals surface area contributed by atoms with E-state index in [9.17, 15) is 18.0 Å². The van der Waals surface area contributed by atoms with Crippen LogP contribution in [0.5, 0.6) is 0 Å². The van der Waals surface area contributed by atoms with Crippen molar-refractivity contribution in [2.75, 3.05) is 6.54 Å². The molecule has 0 unspecified atom stereocenters. The number of Topliss-reactive ketones (excluding diaryl/α,β-unsaturated/α-hetero) is 1. The van der Waals surface area contributed by atoms with Crippen molar-refractivity contribution < 1.29 is 27.3 Å². The molecule has 1 aromatic heterocycles. The minimum atomic E-state index is -4.02. The van der Waals surface area contributed by atoms with Crippen molar-refractivity contribution in [3.05, 3.63) is 65.9 Å². The lowest BCUT2D eigenvalue weighted by atomic mass is 9.72. The highest BCUT2D eigenvalue weighted by molar-refractivity contribution is 7.85. The Bertz CT molecular complexity index is 1350. The van der Waals surface area contributed by atoms with Gasteiger partial charge in [-0.1, -0.05) is 35.9 Å². The number of aryl methyl sites for hydroxylation is 1. The van der Waals surface area contributed by atoms with Gasteiger partial charge in [0.1, 0.15) is 11.9 Å². The topological polar surface area (TPSA) is 117 Å². The lowest BCUT2D eigenvalue weighted by molar-refractivity contribution is -0.145. The normalized spacial score (nSPS) is 27.3. The van der Waals surface area contributed by atoms with E-state index in [0.29, 0.717) is 30.0 Å². The molecule has 4 aliphatic heterocycles. The maximum Gasteiger partial charge on any atom is 0.340 e. The molecule has 5 heterocycles. The first-order valence-electron chi connectivity index (χ1n) is 11.8. The summed E-state index contributed by atoms with van der Waals surface area (Å²) in [5.74, 6) is 0.403. The number of aromatic nitrogens is 1. The Labute approximate surface area is 204 Å². The van der Waals surface area contributed by atoms with Crippen LogP contribution in [0.4, 0.5) is 0 Å². The first-order valence-corrected chi connectivity index (χ1v) is 13.2. The number of carbonyl (C=O) groups excluding carboxylic acids is 2. The molecule has 0 amide bonds. The molecule has 0 saturated carbocycles. The summed E-state index contributed by atoms with van der Waals surface area (Å²) in [5, 5.41) is 0.909. The summed E-state index contributed by atoms with van der Waals surface area (Å²) in [5.41, 5.74) is 2.52. The van der Waals surface area contributed by atoms with Gasteiger partial charge in [0.05, 0.1) is 17.0 Å². The number of para-hydroxylation sites is 1. The van der Waals surface area contributed by atoms with Gasteiger partial charge in [-0.25, -0.2) is 4.79 Å². The standard InChI is InChI=1S/C19H20N2O3.C7H8O3S/c22-18-10-21-12-5-11(18)6-13(21)8-14(7-12)24-19(23)16-9-20-17-4-2-1-3-15(16)17;1-6-2-4-7(5-3-6)11(8,9)10/h1-4,9,11-14,20H,5-8,10H2;2-5H,1H3,(H,8,9,10)/t11?,12-,13-,14?;/m0./s1. The molecule has 2 atom stereocenters.